The van der Waals surface area contributed by atoms with Crippen molar-refractivity contribution in [1.82, 2.24) is 25.1 Å². The van der Waals surface area contributed by atoms with Crippen molar-refractivity contribution in [2.45, 2.75) is 45.2 Å². The molecule has 4 rings (SSSR count). The van der Waals surface area contributed by atoms with E-state index in [9.17, 15) is 14.0 Å². The van der Waals surface area contributed by atoms with E-state index in [4.69, 9.17) is 11.6 Å². The first kappa shape index (κ1) is 25.3. The van der Waals surface area contributed by atoms with Gasteiger partial charge in [0.05, 0.1) is 17.5 Å². The Morgan fingerprint density at radius 3 is 2.57 bits per heavy atom. The number of likely N-dealkylation sites (tertiary alicyclic amines) is 1. The summed E-state index contributed by atoms with van der Waals surface area (Å²) < 4.78 is 14.2. The van der Waals surface area contributed by atoms with Crippen LogP contribution in [0.15, 0.2) is 24.4 Å². The standard InChI is InChI=1S/C25H32ClFN6O2/c1-4-18-15-32(23-16(2)30-22(14-29-23)24(34)28-3)11-12-33(18)19-7-9-31(10-8-19)25(35)20-6-5-17(26)13-21(20)27/h5-6,13-14,18-19H,4,7-12,15H2,1-3H3,(H,28,34)/t18-/m0/s1. The summed E-state index contributed by atoms with van der Waals surface area (Å²) in [6.07, 6.45) is 4.24. The molecule has 2 saturated heterocycles. The molecule has 1 aromatic carbocycles. The minimum atomic E-state index is -0.575. The van der Waals surface area contributed by atoms with Crippen LogP contribution in [0.3, 0.4) is 0 Å². The quantitative estimate of drug-likeness (QED) is 0.676. The van der Waals surface area contributed by atoms with E-state index in [1.54, 1.807) is 18.0 Å². The molecule has 0 aliphatic carbocycles. The number of piperidine rings is 1. The molecule has 188 valence electrons. The average Bonchev–Trinajstić information content (AvgIpc) is 2.87. The van der Waals surface area contributed by atoms with Gasteiger partial charge in [-0.1, -0.05) is 18.5 Å². The predicted octanol–water partition coefficient (Wildman–Crippen LogP) is 3.14. The highest BCUT2D eigenvalue weighted by molar-refractivity contribution is 6.30. The SMILES string of the molecule is CC[C@H]1CN(c2ncc(C(=O)NC)nc2C)CCN1C1CCN(C(=O)c2ccc(Cl)cc2F)CC1. The first-order valence-electron chi connectivity index (χ1n) is 12.1. The van der Waals surface area contributed by atoms with Gasteiger partial charge in [-0.2, -0.15) is 0 Å². The summed E-state index contributed by atoms with van der Waals surface area (Å²) in [4.78, 5) is 40.2. The second kappa shape index (κ2) is 10.9. The van der Waals surface area contributed by atoms with Gasteiger partial charge in [-0.05, 0) is 44.4 Å². The molecule has 0 unspecified atom stereocenters. The topological polar surface area (TPSA) is 81.7 Å². The van der Waals surface area contributed by atoms with Gasteiger partial charge in [-0.25, -0.2) is 14.4 Å². The molecule has 2 aromatic rings. The van der Waals surface area contributed by atoms with Crippen LogP contribution < -0.4 is 10.2 Å². The average molecular weight is 503 g/mol. The zero-order valence-electron chi connectivity index (χ0n) is 20.4. The van der Waals surface area contributed by atoms with Crippen molar-refractivity contribution in [3.05, 3.63) is 52.2 Å². The van der Waals surface area contributed by atoms with Crippen molar-refractivity contribution in [3.8, 4) is 0 Å². The van der Waals surface area contributed by atoms with Crippen LogP contribution in [0, 0.1) is 12.7 Å². The van der Waals surface area contributed by atoms with Crippen LogP contribution >= 0.6 is 11.6 Å². The maximum Gasteiger partial charge on any atom is 0.271 e. The maximum absolute atomic E-state index is 14.2. The van der Waals surface area contributed by atoms with E-state index in [1.807, 2.05) is 6.92 Å². The first-order chi connectivity index (χ1) is 16.8. The third-order valence-electron chi connectivity index (χ3n) is 7.06. The van der Waals surface area contributed by atoms with Crippen molar-refractivity contribution in [3.63, 3.8) is 0 Å². The zero-order valence-corrected chi connectivity index (χ0v) is 21.2. The number of carbonyl (C=O) groups is 2. The number of carbonyl (C=O) groups excluding carboxylic acids is 2. The molecule has 1 atom stereocenters. The van der Waals surface area contributed by atoms with Gasteiger partial charge in [0.25, 0.3) is 11.8 Å². The molecule has 2 aliphatic rings. The molecule has 10 heteroatoms. The van der Waals surface area contributed by atoms with Gasteiger partial charge >= 0.3 is 0 Å². The lowest BCUT2D eigenvalue weighted by molar-refractivity contribution is 0.0487. The number of nitrogens with zero attached hydrogens (tertiary/aromatic N) is 5. The van der Waals surface area contributed by atoms with E-state index in [0.29, 0.717) is 30.9 Å². The van der Waals surface area contributed by atoms with Crippen LogP contribution in [-0.2, 0) is 0 Å². The molecule has 2 aliphatic heterocycles. The Kier molecular flexibility index (Phi) is 7.86. The molecule has 0 radical (unpaired) electrons. The fourth-order valence-corrected chi connectivity index (χ4v) is 5.32. The minimum absolute atomic E-state index is 0.0758. The number of anilines is 1. The van der Waals surface area contributed by atoms with Gasteiger partial charge in [0.15, 0.2) is 0 Å². The first-order valence-corrected chi connectivity index (χ1v) is 12.5. The highest BCUT2D eigenvalue weighted by Crippen LogP contribution is 2.27. The third kappa shape index (κ3) is 5.41. The van der Waals surface area contributed by atoms with Crippen LogP contribution in [0.1, 0.15) is 52.7 Å². The van der Waals surface area contributed by atoms with Gasteiger partial charge < -0.3 is 15.1 Å². The lowest BCUT2D eigenvalue weighted by atomic mass is 9.97. The smallest absolute Gasteiger partial charge is 0.271 e. The maximum atomic E-state index is 14.2. The zero-order chi connectivity index (χ0) is 25.1. The highest BCUT2D eigenvalue weighted by atomic mass is 35.5. The Bertz CT molecular complexity index is 1090. The van der Waals surface area contributed by atoms with Gasteiger partial charge in [0.1, 0.15) is 17.3 Å². The highest BCUT2D eigenvalue weighted by Gasteiger charge is 2.35. The minimum Gasteiger partial charge on any atom is -0.354 e. The summed E-state index contributed by atoms with van der Waals surface area (Å²) in [7, 11) is 1.58. The Morgan fingerprint density at radius 2 is 1.94 bits per heavy atom. The third-order valence-corrected chi connectivity index (χ3v) is 7.30. The molecule has 8 nitrogen and oxygen atoms in total. The normalized spacial score (nSPS) is 19.6. The second-order valence-corrected chi connectivity index (χ2v) is 9.57. The number of aromatic nitrogens is 2. The molecule has 2 amide bonds. The van der Waals surface area contributed by atoms with Crippen LogP contribution in [-0.4, -0.2) is 83.4 Å². The Labute approximate surface area is 210 Å². The summed E-state index contributed by atoms with van der Waals surface area (Å²) in [5, 5.41) is 2.86. The fraction of sp³-hybridized carbons (Fsp3) is 0.520. The molecular formula is C25H32ClFN6O2. The van der Waals surface area contributed by atoms with Crippen LogP contribution in [0.5, 0.6) is 0 Å². The van der Waals surface area contributed by atoms with Gasteiger partial charge in [-0.15, -0.1) is 0 Å². The summed E-state index contributed by atoms with van der Waals surface area (Å²) in [5.41, 5.74) is 1.14. The van der Waals surface area contributed by atoms with Crippen LogP contribution in [0.2, 0.25) is 5.02 Å². The summed E-state index contributed by atoms with van der Waals surface area (Å²) in [6, 6.07) is 4.93. The number of amides is 2. The van der Waals surface area contributed by atoms with Gasteiger partial charge in [0, 0.05) is 56.9 Å². The van der Waals surface area contributed by atoms with E-state index in [0.717, 1.165) is 50.4 Å². The van der Waals surface area contributed by atoms with Crippen molar-refractivity contribution in [1.29, 1.82) is 0 Å². The molecule has 2 fully saturated rings. The van der Waals surface area contributed by atoms with E-state index in [-0.39, 0.29) is 22.4 Å². The van der Waals surface area contributed by atoms with E-state index >= 15 is 0 Å². The molecule has 3 heterocycles. The number of hydrogen-bond donors (Lipinski definition) is 1. The molecule has 0 spiro atoms. The van der Waals surface area contributed by atoms with Crippen LogP contribution in [0.4, 0.5) is 10.2 Å². The lowest BCUT2D eigenvalue weighted by Gasteiger charge is -2.47. The van der Waals surface area contributed by atoms with E-state index in [2.05, 4.69) is 32.0 Å². The van der Waals surface area contributed by atoms with E-state index in [1.165, 1.54) is 18.3 Å². The number of rotatable bonds is 5. The number of nitrogens with one attached hydrogen (secondary N) is 1. The number of aryl methyl sites for hydroxylation is 1. The summed E-state index contributed by atoms with van der Waals surface area (Å²) in [5.74, 6) is -0.273. The molecule has 35 heavy (non-hydrogen) atoms. The van der Waals surface area contributed by atoms with Crippen molar-refractivity contribution in [2.24, 2.45) is 0 Å². The van der Waals surface area contributed by atoms with E-state index < -0.39 is 5.82 Å². The predicted molar refractivity (Wildman–Crippen MR) is 133 cm³/mol. The van der Waals surface area contributed by atoms with Crippen molar-refractivity contribution in [2.75, 3.05) is 44.7 Å². The lowest BCUT2D eigenvalue weighted by Crippen LogP contribution is -2.59. The molecule has 0 saturated carbocycles. The van der Waals surface area contributed by atoms with Crippen LogP contribution in [0.25, 0.3) is 0 Å². The Hall–Kier alpha value is -2.78. The second-order valence-electron chi connectivity index (χ2n) is 9.14. The largest absolute Gasteiger partial charge is 0.354 e. The molecule has 1 N–H and O–H groups in total. The number of halogens is 2. The summed E-state index contributed by atoms with van der Waals surface area (Å²) >= 11 is 5.83. The molecule has 0 bridgehead atoms. The number of benzene rings is 1. The van der Waals surface area contributed by atoms with Gasteiger partial charge in [-0.3, -0.25) is 14.5 Å². The number of piperazine rings is 1. The molecular weight excluding hydrogens is 471 g/mol. The monoisotopic (exact) mass is 502 g/mol. The molecule has 1 aromatic heterocycles. The summed E-state index contributed by atoms with van der Waals surface area (Å²) in [6.45, 7) is 7.83. The van der Waals surface area contributed by atoms with Crippen molar-refractivity contribution < 1.29 is 14.0 Å². The van der Waals surface area contributed by atoms with Gasteiger partial charge in [0.2, 0.25) is 0 Å². The fourth-order valence-electron chi connectivity index (χ4n) is 5.16. The number of hydrogen-bond acceptors (Lipinski definition) is 6. The Morgan fingerprint density at radius 1 is 1.20 bits per heavy atom. The van der Waals surface area contributed by atoms with Crippen molar-refractivity contribution >= 4 is 29.2 Å². The Balaban J connectivity index is 1.37.